The van der Waals surface area contributed by atoms with E-state index in [4.69, 9.17) is 9.15 Å². The van der Waals surface area contributed by atoms with Gasteiger partial charge in [-0.3, -0.25) is 4.90 Å². The Balaban J connectivity index is 1.79. The molecule has 1 saturated heterocycles. The van der Waals surface area contributed by atoms with Gasteiger partial charge in [0.1, 0.15) is 17.1 Å². The van der Waals surface area contributed by atoms with Gasteiger partial charge in [0.25, 0.3) is 0 Å². The highest BCUT2D eigenvalue weighted by atomic mass is 16.5. The molecule has 0 unspecified atom stereocenters. The molecule has 0 radical (unpaired) electrons. The molecule has 0 atom stereocenters. The monoisotopic (exact) mass is 365 g/mol. The number of methoxy groups -OCH3 is 1. The molecule has 4 rings (SSSR count). The van der Waals surface area contributed by atoms with Crippen LogP contribution in [0, 0.1) is 0 Å². The van der Waals surface area contributed by atoms with Crippen LogP contribution in [0.1, 0.15) is 24.8 Å². The molecule has 1 aromatic heterocycles. The molecule has 140 valence electrons. The minimum atomic E-state index is -0.416. The van der Waals surface area contributed by atoms with E-state index >= 15 is 0 Å². The Labute approximate surface area is 157 Å². The summed E-state index contributed by atoms with van der Waals surface area (Å²) in [6.07, 6.45) is 3.57. The number of hydrogen-bond donors (Lipinski definition) is 1. The van der Waals surface area contributed by atoms with Crippen LogP contribution in [0.15, 0.2) is 51.7 Å². The van der Waals surface area contributed by atoms with Gasteiger partial charge in [0.05, 0.1) is 18.2 Å². The van der Waals surface area contributed by atoms with Gasteiger partial charge in [0, 0.05) is 11.9 Å². The van der Waals surface area contributed by atoms with Crippen LogP contribution >= 0.6 is 0 Å². The highest BCUT2D eigenvalue weighted by Crippen LogP contribution is 2.31. The second-order valence-corrected chi connectivity index (χ2v) is 7.00. The summed E-state index contributed by atoms with van der Waals surface area (Å²) in [5.74, 6) is 0.855. The average molecular weight is 365 g/mol. The maximum Gasteiger partial charge on any atom is 0.344 e. The van der Waals surface area contributed by atoms with E-state index in [0.717, 1.165) is 36.9 Å². The summed E-state index contributed by atoms with van der Waals surface area (Å²) in [7, 11) is 1.59. The van der Waals surface area contributed by atoms with Gasteiger partial charge in [-0.1, -0.05) is 18.6 Å². The summed E-state index contributed by atoms with van der Waals surface area (Å²) >= 11 is 0. The van der Waals surface area contributed by atoms with Crippen molar-refractivity contribution in [3.05, 3.63) is 58.4 Å². The molecule has 2 heterocycles. The van der Waals surface area contributed by atoms with Crippen LogP contribution in [0.3, 0.4) is 0 Å². The predicted octanol–water partition coefficient (Wildman–Crippen LogP) is 4.16. The molecule has 0 aliphatic carbocycles. The van der Waals surface area contributed by atoms with Crippen molar-refractivity contribution >= 4 is 11.0 Å². The van der Waals surface area contributed by atoms with Crippen molar-refractivity contribution in [2.75, 3.05) is 20.2 Å². The van der Waals surface area contributed by atoms with Crippen LogP contribution in [-0.2, 0) is 6.54 Å². The van der Waals surface area contributed by atoms with Gasteiger partial charge in [-0.05, 0) is 61.8 Å². The smallest absolute Gasteiger partial charge is 0.344 e. The standard InChI is InChI=1S/C22H23NO4/c1-26-17-7-5-6-15(12-17)18-13-16-8-9-20(24)19(21(16)27-22(18)25)14-23-10-3-2-4-11-23/h5-9,12-13,24H,2-4,10-11,14H2,1H3. The first kappa shape index (κ1) is 17.6. The van der Waals surface area contributed by atoms with Crippen LogP contribution in [0.2, 0.25) is 0 Å². The number of ether oxygens (including phenoxy) is 1. The number of hydrogen-bond acceptors (Lipinski definition) is 5. The number of nitrogens with zero attached hydrogens (tertiary/aromatic N) is 1. The normalized spacial score (nSPS) is 15.1. The fourth-order valence-electron chi connectivity index (χ4n) is 3.72. The maximum atomic E-state index is 12.7. The lowest BCUT2D eigenvalue weighted by Gasteiger charge is -2.26. The molecule has 0 bridgehead atoms. The van der Waals surface area contributed by atoms with Crippen LogP contribution in [0.5, 0.6) is 11.5 Å². The van der Waals surface area contributed by atoms with Gasteiger partial charge >= 0.3 is 5.63 Å². The SMILES string of the molecule is COc1cccc(-c2cc3ccc(O)c(CN4CCCCC4)c3oc2=O)c1. The summed E-state index contributed by atoms with van der Waals surface area (Å²) in [5, 5.41) is 11.2. The maximum absolute atomic E-state index is 12.7. The van der Waals surface area contributed by atoms with Crippen molar-refractivity contribution in [2.45, 2.75) is 25.8 Å². The summed E-state index contributed by atoms with van der Waals surface area (Å²) in [6, 6.07) is 12.6. The third-order valence-corrected chi connectivity index (χ3v) is 5.19. The topological polar surface area (TPSA) is 62.9 Å². The Bertz CT molecular complexity index is 1020. The first-order valence-electron chi connectivity index (χ1n) is 9.31. The molecule has 5 heteroatoms. The molecule has 27 heavy (non-hydrogen) atoms. The summed E-state index contributed by atoms with van der Waals surface area (Å²) in [5.41, 5.74) is 1.97. The van der Waals surface area contributed by atoms with Gasteiger partial charge in [-0.15, -0.1) is 0 Å². The van der Waals surface area contributed by atoms with Crippen LogP contribution < -0.4 is 10.4 Å². The molecule has 1 aliphatic heterocycles. The summed E-state index contributed by atoms with van der Waals surface area (Å²) < 4.78 is 10.9. The molecule has 2 aromatic carbocycles. The molecule has 5 nitrogen and oxygen atoms in total. The van der Waals surface area contributed by atoms with E-state index in [1.54, 1.807) is 19.2 Å². The molecule has 1 aliphatic rings. The zero-order chi connectivity index (χ0) is 18.8. The van der Waals surface area contributed by atoms with Crippen molar-refractivity contribution < 1.29 is 14.3 Å². The lowest BCUT2D eigenvalue weighted by atomic mass is 10.0. The number of phenols is 1. The van der Waals surface area contributed by atoms with E-state index in [1.165, 1.54) is 6.42 Å². The summed E-state index contributed by atoms with van der Waals surface area (Å²) in [4.78, 5) is 15.0. The summed E-state index contributed by atoms with van der Waals surface area (Å²) in [6.45, 7) is 2.59. The second kappa shape index (κ2) is 7.45. The first-order valence-corrected chi connectivity index (χ1v) is 9.31. The van der Waals surface area contributed by atoms with Gasteiger partial charge < -0.3 is 14.3 Å². The van der Waals surface area contributed by atoms with Crippen LogP contribution in [0.25, 0.3) is 22.1 Å². The van der Waals surface area contributed by atoms with E-state index in [-0.39, 0.29) is 5.75 Å². The molecule has 0 saturated carbocycles. The fraction of sp³-hybridized carbons (Fsp3) is 0.318. The van der Waals surface area contributed by atoms with Gasteiger partial charge in [0.15, 0.2) is 0 Å². The lowest BCUT2D eigenvalue weighted by molar-refractivity contribution is 0.218. The molecule has 1 N–H and O–H groups in total. The van der Waals surface area contributed by atoms with E-state index in [9.17, 15) is 9.90 Å². The Hall–Kier alpha value is -2.79. The van der Waals surface area contributed by atoms with Gasteiger partial charge in [-0.25, -0.2) is 4.79 Å². The number of benzene rings is 2. The Morgan fingerprint density at radius 1 is 1.11 bits per heavy atom. The number of rotatable bonds is 4. The fourth-order valence-corrected chi connectivity index (χ4v) is 3.72. The molecule has 0 spiro atoms. The largest absolute Gasteiger partial charge is 0.507 e. The third kappa shape index (κ3) is 3.55. The van der Waals surface area contributed by atoms with Crippen molar-refractivity contribution in [1.82, 2.24) is 4.90 Å². The minimum Gasteiger partial charge on any atom is -0.507 e. The van der Waals surface area contributed by atoms with E-state index in [0.29, 0.717) is 29.0 Å². The predicted molar refractivity (Wildman–Crippen MR) is 105 cm³/mol. The average Bonchev–Trinajstić information content (AvgIpc) is 2.71. The van der Waals surface area contributed by atoms with E-state index in [1.807, 2.05) is 30.3 Å². The Kier molecular flexibility index (Phi) is 4.86. The highest BCUT2D eigenvalue weighted by Gasteiger charge is 2.18. The number of fused-ring (bicyclic) bond motifs is 1. The quantitative estimate of drug-likeness (QED) is 0.704. The molecule has 1 fully saturated rings. The van der Waals surface area contributed by atoms with Gasteiger partial charge in [-0.2, -0.15) is 0 Å². The third-order valence-electron chi connectivity index (χ3n) is 5.19. The first-order chi connectivity index (χ1) is 13.2. The second-order valence-electron chi connectivity index (χ2n) is 7.00. The number of phenolic OH excluding ortho intramolecular Hbond substituents is 1. The highest BCUT2D eigenvalue weighted by molar-refractivity contribution is 5.85. The number of aromatic hydroxyl groups is 1. The van der Waals surface area contributed by atoms with Crippen molar-refractivity contribution in [3.63, 3.8) is 0 Å². The molecule has 3 aromatic rings. The van der Waals surface area contributed by atoms with Crippen molar-refractivity contribution in [2.24, 2.45) is 0 Å². The zero-order valence-corrected chi connectivity index (χ0v) is 15.4. The van der Waals surface area contributed by atoms with Crippen LogP contribution in [0.4, 0.5) is 0 Å². The Morgan fingerprint density at radius 3 is 2.70 bits per heavy atom. The molecular formula is C22H23NO4. The molecular weight excluding hydrogens is 342 g/mol. The number of piperidine rings is 1. The van der Waals surface area contributed by atoms with Gasteiger partial charge in [0.2, 0.25) is 0 Å². The van der Waals surface area contributed by atoms with E-state index < -0.39 is 5.63 Å². The van der Waals surface area contributed by atoms with Crippen molar-refractivity contribution in [3.8, 4) is 22.6 Å². The van der Waals surface area contributed by atoms with Crippen molar-refractivity contribution in [1.29, 1.82) is 0 Å². The zero-order valence-electron chi connectivity index (χ0n) is 15.4. The lowest BCUT2D eigenvalue weighted by Crippen LogP contribution is -2.29. The Morgan fingerprint density at radius 2 is 1.93 bits per heavy atom. The molecule has 0 amide bonds. The minimum absolute atomic E-state index is 0.172. The van der Waals surface area contributed by atoms with Crippen LogP contribution in [-0.4, -0.2) is 30.2 Å². The van der Waals surface area contributed by atoms with E-state index in [2.05, 4.69) is 4.90 Å². The number of likely N-dealkylation sites (tertiary alicyclic amines) is 1.